The van der Waals surface area contributed by atoms with E-state index in [2.05, 4.69) is 84.7 Å². The standard InChI is InChI=1S/C21H23N3P/c1-3-17-23(18-4-2)25-22-16-11-19-24(25,20-12-7-5-8-13-20)21-14-9-6-10-15-21/h3-16,19H,1-2,17-18H2/q+1. The average molecular weight is 348 g/mol. The molecule has 25 heavy (non-hydrogen) atoms. The zero-order valence-corrected chi connectivity index (χ0v) is 15.2. The number of hydrogen-bond acceptors (Lipinski definition) is 2. The molecule has 0 saturated carbocycles. The van der Waals surface area contributed by atoms with Crippen LogP contribution in [0.1, 0.15) is 0 Å². The average Bonchev–Trinajstić information content (AvgIpc) is 2.69. The maximum Gasteiger partial charge on any atom is 0.336 e. The van der Waals surface area contributed by atoms with Crippen LogP contribution in [0.4, 0.5) is 11.4 Å². The Morgan fingerprint density at radius 1 is 0.880 bits per heavy atom. The zero-order valence-electron chi connectivity index (χ0n) is 14.3. The summed E-state index contributed by atoms with van der Waals surface area (Å²) in [4.78, 5) is 0. The van der Waals surface area contributed by atoms with Crippen molar-refractivity contribution in [3.05, 3.63) is 98.2 Å². The lowest BCUT2D eigenvalue weighted by molar-refractivity contribution is 0.528. The third kappa shape index (κ3) is 3.40. The van der Waals surface area contributed by atoms with E-state index >= 15 is 0 Å². The van der Waals surface area contributed by atoms with Gasteiger partial charge >= 0.3 is 8.37 Å². The third-order valence-corrected chi connectivity index (χ3v) is 6.40. The van der Waals surface area contributed by atoms with Crippen LogP contribution in [0.2, 0.25) is 0 Å². The second-order valence-corrected chi connectivity index (χ2v) is 7.64. The van der Waals surface area contributed by atoms with Crippen molar-refractivity contribution in [2.75, 3.05) is 13.1 Å². The molecular formula is C21H23N3P+. The van der Waals surface area contributed by atoms with Crippen LogP contribution < -0.4 is 4.25 Å². The van der Waals surface area contributed by atoms with Crippen LogP contribution in [-0.2, 0) is 0 Å². The van der Waals surface area contributed by atoms with E-state index in [1.807, 2.05) is 24.4 Å². The minimum Gasteiger partial charge on any atom is -0.206 e. The highest BCUT2D eigenvalue weighted by molar-refractivity contribution is 7.54. The van der Waals surface area contributed by atoms with E-state index in [4.69, 9.17) is 4.76 Å². The summed E-state index contributed by atoms with van der Waals surface area (Å²) in [6, 6.07) is 21.1. The molecule has 0 N–H and O–H groups in total. The molecule has 2 aromatic rings. The van der Waals surface area contributed by atoms with Crippen molar-refractivity contribution in [2.24, 2.45) is 4.76 Å². The first-order chi connectivity index (χ1) is 12.3. The minimum atomic E-state index is -0.936. The zero-order chi connectivity index (χ0) is 17.5. The van der Waals surface area contributed by atoms with Crippen molar-refractivity contribution < 1.29 is 0 Å². The lowest BCUT2D eigenvalue weighted by Crippen LogP contribution is -2.39. The Morgan fingerprint density at radius 2 is 1.40 bits per heavy atom. The molecule has 0 radical (unpaired) electrons. The first-order valence-corrected chi connectivity index (χ1v) is 9.52. The summed E-state index contributed by atoms with van der Waals surface area (Å²) in [5.41, 5.74) is 2.40. The summed E-state index contributed by atoms with van der Waals surface area (Å²) in [6.45, 7) is 9.39. The van der Waals surface area contributed by atoms with Gasteiger partial charge in [-0.05, 0) is 0 Å². The lowest BCUT2D eigenvalue weighted by atomic mass is 10.2. The van der Waals surface area contributed by atoms with Crippen molar-refractivity contribution in [3.8, 4) is 0 Å². The van der Waals surface area contributed by atoms with Gasteiger partial charge in [0.25, 0.3) is 0 Å². The fourth-order valence-corrected chi connectivity index (χ4v) is 5.34. The summed E-state index contributed by atoms with van der Waals surface area (Å²) in [7, 11) is -0.936. The molecule has 3 rings (SSSR count). The van der Waals surface area contributed by atoms with Gasteiger partial charge in [-0.15, -0.1) is 13.2 Å². The number of nitrogens with zero attached hydrogens (tertiary/aromatic N) is 3. The van der Waals surface area contributed by atoms with E-state index in [1.54, 1.807) is 0 Å². The third-order valence-electron chi connectivity index (χ3n) is 4.07. The number of hydrogen-bond donors (Lipinski definition) is 0. The molecule has 1 unspecified atom stereocenters. The van der Waals surface area contributed by atoms with Gasteiger partial charge < -0.3 is 0 Å². The molecule has 4 heteroatoms. The lowest BCUT2D eigenvalue weighted by Gasteiger charge is -2.41. The van der Waals surface area contributed by atoms with E-state index in [1.165, 1.54) is 11.4 Å². The molecule has 0 aromatic heterocycles. The summed E-state index contributed by atoms with van der Waals surface area (Å²) < 4.78 is 7.85. The highest BCUT2D eigenvalue weighted by Crippen LogP contribution is 2.61. The smallest absolute Gasteiger partial charge is 0.206 e. The molecule has 0 spiro atoms. The number of quaternary nitrogens is 1. The van der Waals surface area contributed by atoms with Crippen molar-refractivity contribution >= 4 is 26.0 Å². The van der Waals surface area contributed by atoms with Crippen LogP contribution >= 0.6 is 8.37 Å². The van der Waals surface area contributed by atoms with Gasteiger partial charge in [0.05, 0.1) is 0 Å². The van der Waals surface area contributed by atoms with Crippen LogP contribution in [0.5, 0.6) is 0 Å². The topological polar surface area (TPSA) is 15.6 Å². The summed E-state index contributed by atoms with van der Waals surface area (Å²) in [5.74, 6) is 0. The van der Waals surface area contributed by atoms with Gasteiger partial charge in [-0.3, -0.25) is 0 Å². The molecule has 0 fully saturated rings. The maximum absolute atomic E-state index is 4.93. The Hall–Kier alpha value is -2.32. The van der Waals surface area contributed by atoms with Gasteiger partial charge in [-0.2, -0.15) is 9.02 Å². The molecule has 1 atom stereocenters. The van der Waals surface area contributed by atoms with Crippen LogP contribution in [0, 0.1) is 0 Å². The molecule has 3 nitrogen and oxygen atoms in total. The largest absolute Gasteiger partial charge is 0.336 e. The Labute approximate surface area is 151 Å². The van der Waals surface area contributed by atoms with Crippen molar-refractivity contribution in [3.63, 3.8) is 0 Å². The van der Waals surface area contributed by atoms with Crippen molar-refractivity contribution in [2.45, 2.75) is 0 Å². The van der Waals surface area contributed by atoms with Gasteiger partial charge in [0.15, 0.2) is 0 Å². The summed E-state index contributed by atoms with van der Waals surface area (Å²) in [5, 5.41) is 0. The second-order valence-electron chi connectivity index (χ2n) is 5.68. The normalized spacial score (nSPS) is 18.2. The van der Waals surface area contributed by atoms with Crippen LogP contribution in [0.15, 0.2) is 103 Å². The van der Waals surface area contributed by atoms with Gasteiger partial charge in [-0.25, -0.2) is 4.67 Å². The van der Waals surface area contributed by atoms with E-state index in [0.29, 0.717) is 4.25 Å². The number of rotatable bonds is 7. The van der Waals surface area contributed by atoms with E-state index in [-0.39, 0.29) is 0 Å². The molecule has 0 amide bonds. The van der Waals surface area contributed by atoms with Gasteiger partial charge in [0.1, 0.15) is 17.6 Å². The predicted octanol–water partition coefficient (Wildman–Crippen LogP) is 5.82. The fraction of sp³-hybridized carbons (Fsp3) is 0.0952. The van der Waals surface area contributed by atoms with E-state index in [9.17, 15) is 0 Å². The molecule has 1 aliphatic heterocycles. The molecular weight excluding hydrogens is 325 g/mol. The number of benzene rings is 2. The monoisotopic (exact) mass is 348 g/mol. The van der Waals surface area contributed by atoms with Crippen molar-refractivity contribution in [1.29, 1.82) is 0 Å². The highest BCUT2D eigenvalue weighted by atomic mass is 31.2. The molecule has 126 valence electrons. The minimum absolute atomic E-state index is 0.579. The van der Waals surface area contributed by atoms with E-state index in [0.717, 1.165) is 13.1 Å². The number of para-hydroxylation sites is 2. The predicted molar refractivity (Wildman–Crippen MR) is 111 cm³/mol. The summed E-state index contributed by atoms with van der Waals surface area (Å²) >= 11 is 0. The van der Waals surface area contributed by atoms with Gasteiger partial charge in [-0.1, -0.05) is 48.6 Å². The Balaban J connectivity index is 2.20. The van der Waals surface area contributed by atoms with Crippen LogP contribution in [0.3, 0.4) is 0 Å². The Kier molecular flexibility index (Phi) is 5.72. The molecule has 0 saturated heterocycles. The Bertz CT molecular complexity index is 719. The van der Waals surface area contributed by atoms with Gasteiger partial charge in [0.2, 0.25) is 0 Å². The second kappa shape index (κ2) is 8.17. The fourth-order valence-electron chi connectivity index (χ4n) is 3.03. The number of allylic oxidation sites excluding steroid dienone is 1. The highest BCUT2D eigenvalue weighted by Gasteiger charge is 2.46. The quantitative estimate of drug-likeness (QED) is 0.454. The summed E-state index contributed by atoms with van der Waals surface area (Å²) in [6.07, 6.45) is 10.1. The molecule has 2 aromatic carbocycles. The Morgan fingerprint density at radius 3 is 1.88 bits per heavy atom. The first kappa shape index (κ1) is 17.5. The van der Waals surface area contributed by atoms with Crippen molar-refractivity contribution in [1.82, 2.24) is 8.92 Å². The van der Waals surface area contributed by atoms with Crippen LogP contribution in [0.25, 0.3) is 0 Å². The molecule has 1 heterocycles. The molecule has 0 aliphatic carbocycles. The maximum atomic E-state index is 4.93. The first-order valence-electron chi connectivity index (χ1n) is 8.32. The SMILES string of the molecule is C=CCN(CC=C)P1N=CC=C[N+]1(c1ccccc1)c1ccccc1. The molecule has 1 aliphatic rings. The molecule has 0 bridgehead atoms. The van der Waals surface area contributed by atoms with Gasteiger partial charge in [0, 0.05) is 49.6 Å². The van der Waals surface area contributed by atoms with Crippen LogP contribution in [-0.4, -0.2) is 24.0 Å². The van der Waals surface area contributed by atoms with E-state index < -0.39 is 8.37 Å².